The summed E-state index contributed by atoms with van der Waals surface area (Å²) in [6, 6.07) is 10.2. The molecular weight excluding hydrogens is 618 g/mol. The van der Waals surface area contributed by atoms with Crippen molar-refractivity contribution in [1.82, 2.24) is 0 Å². The Hall–Kier alpha value is -3.77. The van der Waals surface area contributed by atoms with Gasteiger partial charge in [-0.15, -0.1) is 0 Å². The molecule has 0 bridgehead atoms. The van der Waals surface area contributed by atoms with Crippen molar-refractivity contribution in [2.24, 2.45) is 7.05 Å². The minimum Gasteiger partial charge on any atom is -0.456 e. The van der Waals surface area contributed by atoms with Crippen molar-refractivity contribution < 1.29 is 69.6 Å². The Morgan fingerprint density at radius 2 is 1.44 bits per heavy atom. The van der Waals surface area contributed by atoms with Crippen molar-refractivity contribution in [3.05, 3.63) is 60.2 Å². The zero-order valence-electron chi connectivity index (χ0n) is 20.3. The maximum atomic E-state index is 15.1. The van der Waals surface area contributed by atoms with E-state index in [1.807, 2.05) is 0 Å². The van der Waals surface area contributed by atoms with E-state index in [-0.39, 0.29) is 10.9 Å². The van der Waals surface area contributed by atoms with Gasteiger partial charge >= 0.3 is 31.3 Å². The lowest BCUT2D eigenvalue weighted by Crippen LogP contribution is -2.34. The molecule has 4 aromatic rings. The number of rotatable bonds is 3. The molecule has 0 saturated heterocycles. The summed E-state index contributed by atoms with van der Waals surface area (Å²) >= 11 is 0. The lowest BCUT2D eigenvalue weighted by atomic mass is 9.96. The van der Waals surface area contributed by atoms with E-state index in [4.69, 9.17) is 4.74 Å². The van der Waals surface area contributed by atoms with E-state index < -0.39 is 48.6 Å². The van der Waals surface area contributed by atoms with Crippen molar-refractivity contribution >= 4 is 41.9 Å². The van der Waals surface area contributed by atoms with Crippen LogP contribution < -0.4 is 13.5 Å². The fourth-order valence-corrected chi connectivity index (χ4v) is 4.62. The molecule has 1 aliphatic rings. The van der Waals surface area contributed by atoms with Gasteiger partial charge in [0.1, 0.15) is 30.2 Å². The highest BCUT2D eigenvalue weighted by molar-refractivity contribution is 7.88. The van der Waals surface area contributed by atoms with Crippen molar-refractivity contribution in [3.8, 4) is 28.5 Å². The van der Waals surface area contributed by atoms with Crippen LogP contribution in [-0.4, -0.2) is 35.0 Å². The van der Waals surface area contributed by atoms with Gasteiger partial charge in [-0.05, 0) is 24.3 Å². The molecule has 0 fully saturated rings. The fraction of sp³-hybridized carbons (Fsp3) is 0.174. The highest BCUT2D eigenvalue weighted by Gasteiger charge is 2.49. The SMILES string of the molecule is COS(=O)(=O)C(F)(F)F.C[n+]1c2c3c(cccc3c3c(F)cc(OS(=O)(=O)C(F)(F)F)cc31)Oc1ccc(F)cc1-2. The minimum absolute atomic E-state index is 0.00769. The number of nitrogens with zero attached hydrogens (tertiary/aromatic N) is 1. The van der Waals surface area contributed by atoms with Gasteiger partial charge in [-0.2, -0.15) is 47.7 Å². The number of ether oxygens (including phenoxy) is 1. The third-order valence-corrected chi connectivity index (χ3v) is 7.67. The molecule has 41 heavy (non-hydrogen) atoms. The normalized spacial score (nSPS) is 13.3. The van der Waals surface area contributed by atoms with Gasteiger partial charge in [-0.25, -0.2) is 8.78 Å². The first-order chi connectivity index (χ1) is 18.8. The fourth-order valence-electron chi connectivity index (χ4n) is 3.98. The Morgan fingerprint density at radius 3 is 2.00 bits per heavy atom. The zero-order chi connectivity index (χ0) is 30.7. The molecule has 8 nitrogen and oxygen atoms in total. The second-order valence-electron chi connectivity index (χ2n) is 8.18. The van der Waals surface area contributed by atoms with Gasteiger partial charge < -0.3 is 8.92 Å². The van der Waals surface area contributed by atoms with Crippen LogP contribution in [-0.2, 0) is 31.5 Å². The van der Waals surface area contributed by atoms with Gasteiger partial charge in [-0.1, -0.05) is 12.1 Å². The molecule has 0 saturated carbocycles. The molecule has 2 heterocycles. The summed E-state index contributed by atoms with van der Waals surface area (Å²) in [7, 11) is -9.40. The first-order valence-corrected chi connectivity index (χ1v) is 13.5. The number of pyridine rings is 1. The molecular formula is C23H14F8NO7S2+. The number of alkyl halides is 6. The van der Waals surface area contributed by atoms with Gasteiger partial charge in [0.15, 0.2) is 5.75 Å². The molecule has 0 unspecified atom stereocenters. The molecule has 3 aromatic carbocycles. The summed E-state index contributed by atoms with van der Waals surface area (Å²) in [6.45, 7) is 0. The third-order valence-electron chi connectivity index (χ3n) is 5.68. The molecule has 0 spiro atoms. The summed E-state index contributed by atoms with van der Waals surface area (Å²) in [4.78, 5) is 0. The average Bonchev–Trinajstić information content (AvgIpc) is 2.85. The van der Waals surface area contributed by atoms with Gasteiger partial charge in [0.05, 0.1) is 29.5 Å². The number of hydrogen-bond donors (Lipinski definition) is 0. The Kier molecular flexibility index (Phi) is 7.33. The van der Waals surface area contributed by atoms with Gasteiger partial charge in [-0.3, -0.25) is 4.18 Å². The monoisotopic (exact) mass is 632 g/mol. The van der Waals surface area contributed by atoms with E-state index in [0.717, 1.165) is 6.07 Å². The van der Waals surface area contributed by atoms with Crippen LogP contribution in [0.2, 0.25) is 0 Å². The zero-order valence-corrected chi connectivity index (χ0v) is 21.9. The predicted molar refractivity (Wildman–Crippen MR) is 126 cm³/mol. The van der Waals surface area contributed by atoms with E-state index in [9.17, 15) is 47.6 Å². The molecule has 5 rings (SSSR count). The predicted octanol–water partition coefficient (Wildman–Crippen LogP) is 5.58. The first-order valence-electron chi connectivity index (χ1n) is 10.7. The van der Waals surface area contributed by atoms with E-state index in [2.05, 4.69) is 8.37 Å². The second-order valence-corrected chi connectivity index (χ2v) is 11.4. The number of aromatic nitrogens is 1. The highest BCUT2D eigenvalue weighted by Crippen LogP contribution is 2.47. The van der Waals surface area contributed by atoms with Crippen LogP contribution in [0.5, 0.6) is 17.2 Å². The topological polar surface area (TPSA) is 99.9 Å². The lowest BCUT2D eigenvalue weighted by Gasteiger charge is -2.20. The highest BCUT2D eigenvalue weighted by atomic mass is 32.2. The number of aryl methyl sites for hydroxylation is 1. The van der Waals surface area contributed by atoms with Crippen LogP contribution in [0.25, 0.3) is 32.9 Å². The average molecular weight is 632 g/mol. The Morgan fingerprint density at radius 1 is 0.805 bits per heavy atom. The number of fused-ring (bicyclic) bond motifs is 4. The Labute approximate surface area is 225 Å². The smallest absolute Gasteiger partial charge is 0.456 e. The second kappa shape index (κ2) is 9.95. The van der Waals surface area contributed by atoms with Gasteiger partial charge in [0, 0.05) is 11.5 Å². The first kappa shape index (κ1) is 30.2. The van der Waals surface area contributed by atoms with E-state index in [1.165, 1.54) is 29.8 Å². The lowest BCUT2D eigenvalue weighted by molar-refractivity contribution is -0.632. The standard InChI is InChI=1S/C21H11F5NO4S.C2H3F3O3S/c1-27-15-9-11(31-32(28,29)21(24,25)26)8-14(23)18(15)12-3-2-4-17-19(12)20(27)13-7-10(22)5-6-16(13)30-17;1-8-9(6,7)2(3,4)5/h2-9H,1H3;1H3/q+1;. The molecule has 1 aliphatic heterocycles. The largest absolute Gasteiger partial charge is 0.534 e. The minimum atomic E-state index is -6.00. The van der Waals surface area contributed by atoms with Crippen LogP contribution in [0.1, 0.15) is 0 Å². The molecule has 220 valence electrons. The summed E-state index contributed by atoms with van der Waals surface area (Å²) in [5.41, 5.74) is -10.2. The van der Waals surface area contributed by atoms with Crippen molar-refractivity contribution in [1.29, 1.82) is 0 Å². The quantitative estimate of drug-likeness (QED) is 0.0842. The molecule has 0 atom stereocenters. The van der Waals surface area contributed by atoms with Crippen LogP contribution in [0.3, 0.4) is 0 Å². The Balaban J connectivity index is 0.000000374. The number of benzene rings is 3. The summed E-state index contributed by atoms with van der Waals surface area (Å²) in [6.07, 6.45) is 0. The van der Waals surface area contributed by atoms with Gasteiger partial charge in [0.25, 0.3) is 0 Å². The number of hydrogen-bond acceptors (Lipinski definition) is 7. The maximum Gasteiger partial charge on any atom is 0.534 e. The molecule has 0 aliphatic carbocycles. The van der Waals surface area contributed by atoms with E-state index in [0.29, 0.717) is 46.7 Å². The summed E-state index contributed by atoms with van der Waals surface area (Å²) in [5.74, 6) is -1.70. The maximum absolute atomic E-state index is 15.1. The molecule has 0 amide bonds. The molecule has 18 heteroatoms. The molecule has 0 radical (unpaired) electrons. The Bertz CT molecular complexity index is 1920. The molecule has 1 aromatic heterocycles. The van der Waals surface area contributed by atoms with Crippen LogP contribution in [0.4, 0.5) is 35.1 Å². The van der Waals surface area contributed by atoms with Crippen LogP contribution in [0.15, 0.2) is 48.5 Å². The summed E-state index contributed by atoms with van der Waals surface area (Å²) < 4.78 is 157. The van der Waals surface area contributed by atoms with E-state index in [1.54, 1.807) is 18.2 Å². The van der Waals surface area contributed by atoms with Gasteiger partial charge in [0.2, 0.25) is 11.2 Å². The van der Waals surface area contributed by atoms with Crippen LogP contribution >= 0.6 is 0 Å². The van der Waals surface area contributed by atoms with Crippen molar-refractivity contribution in [2.75, 3.05) is 7.11 Å². The van der Waals surface area contributed by atoms with Crippen LogP contribution in [0, 0.1) is 11.6 Å². The summed E-state index contributed by atoms with van der Waals surface area (Å²) in [5, 5.41) is 0.827. The number of halogens is 8. The van der Waals surface area contributed by atoms with Crippen molar-refractivity contribution in [3.63, 3.8) is 0 Å². The molecule has 0 N–H and O–H groups in total. The third kappa shape index (κ3) is 5.33. The van der Waals surface area contributed by atoms with E-state index >= 15 is 4.39 Å². The van der Waals surface area contributed by atoms with Crippen molar-refractivity contribution in [2.45, 2.75) is 11.0 Å².